The molecule has 1 aromatic heterocycles. The highest BCUT2D eigenvalue weighted by molar-refractivity contribution is 5.36. The topological polar surface area (TPSA) is 58.8 Å². The first kappa shape index (κ1) is 6.04. The molecule has 0 aliphatic carbocycles. The number of nitrogen functional groups attached to an aromatic ring is 1. The number of nitrogens with zero attached hydrogens (tertiary/aromatic N) is 1. The summed E-state index contributed by atoms with van der Waals surface area (Å²) in [6.07, 6.45) is 1.53. The first-order valence-electron chi connectivity index (χ1n) is 2.61. The van der Waals surface area contributed by atoms with Crippen LogP contribution in [0.3, 0.4) is 0 Å². The Kier molecular flexibility index (Phi) is 1.65. The van der Waals surface area contributed by atoms with Gasteiger partial charge in [-0.1, -0.05) is 0 Å². The van der Waals surface area contributed by atoms with Gasteiger partial charge in [-0.25, -0.2) is 5.11 Å². The summed E-state index contributed by atoms with van der Waals surface area (Å²) in [7, 11) is 0. The van der Waals surface area contributed by atoms with Crippen LogP contribution in [0.2, 0.25) is 0 Å². The van der Waals surface area contributed by atoms with Gasteiger partial charge in [0.25, 0.3) is 0 Å². The minimum Gasteiger partial charge on any atom is -0.399 e. The number of aromatic nitrogens is 1. The van der Waals surface area contributed by atoms with Crippen molar-refractivity contribution < 1.29 is 5.11 Å². The number of pyridine rings is 1. The average Bonchev–Trinajstić information content (AvgIpc) is 1.88. The lowest BCUT2D eigenvalue weighted by atomic mass is 10.3. The van der Waals surface area contributed by atoms with Gasteiger partial charge in [-0.2, -0.15) is 0 Å². The molecule has 0 fully saturated rings. The molecular weight excluding hydrogens is 116 g/mol. The number of hydrogen-bond donors (Lipinski definition) is 1. The lowest BCUT2D eigenvalue weighted by molar-refractivity contribution is 0.174. The van der Waals surface area contributed by atoms with Gasteiger partial charge in [-0.05, 0) is 12.1 Å². The third-order valence-electron chi connectivity index (χ3n) is 0.989. The molecule has 3 nitrogen and oxygen atoms in total. The van der Waals surface area contributed by atoms with Gasteiger partial charge in [0.05, 0.1) is 5.69 Å². The van der Waals surface area contributed by atoms with Crippen molar-refractivity contribution in [3.63, 3.8) is 0 Å². The van der Waals surface area contributed by atoms with Gasteiger partial charge in [-0.15, -0.1) is 0 Å². The standard InChI is InChI=1S/C6H7N2O/c7-5-1-2-8-6(3-5)4-9/h1-3H,4H2,(H2,7,8). The molecule has 0 unspecified atom stereocenters. The zero-order valence-corrected chi connectivity index (χ0v) is 4.87. The third-order valence-corrected chi connectivity index (χ3v) is 0.989. The van der Waals surface area contributed by atoms with Crippen molar-refractivity contribution in [1.82, 2.24) is 4.98 Å². The minimum absolute atomic E-state index is 0.301. The summed E-state index contributed by atoms with van der Waals surface area (Å²) in [6.45, 7) is -0.301. The average molecular weight is 123 g/mol. The number of anilines is 1. The highest BCUT2D eigenvalue weighted by Gasteiger charge is 1.90. The first-order chi connectivity index (χ1) is 4.33. The highest BCUT2D eigenvalue weighted by atomic mass is 16.3. The molecule has 1 rings (SSSR count). The molecule has 0 saturated carbocycles. The van der Waals surface area contributed by atoms with Crippen molar-refractivity contribution >= 4 is 5.69 Å². The van der Waals surface area contributed by atoms with Gasteiger partial charge in [-0.3, -0.25) is 4.98 Å². The molecule has 47 valence electrons. The summed E-state index contributed by atoms with van der Waals surface area (Å²) >= 11 is 0. The van der Waals surface area contributed by atoms with E-state index in [2.05, 4.69) is 4.98 Å². The van der Waals surface area contributed by atoms with Crippen LogP contribution in [0.5, 0.6) is 0 Å². The van der Waals surface area contributed by atoms with E-state index in [1.54, 1.807) is 12.1 Å². The van der Waals surface area contributed by atoms with E-state index in [9.17, 15) is 5.11 Å². The first-order valence-corrected chi connectivity index (χ1v) is 2.61. The van der Waals surface area contributed by atoms with E-state index in [0.717, 1.165) is 0 Å². The molecule has 3 heteroatoms. The molecule has 0 aromatic carbocycles. The van der Waals surface area contributed by atoms with Crippen LogP contribution in [-0.4, -0.2) is 4.98 Å². The van der Waals surface area contributed by atoms with E-state index in [1.807, 2.05) is 0 Å². The summed E-state index contributed by atoms with van der Waals surface area (Å²) in [4.78, 5) is 3.77. The molecular formula is C6H7N2O. The van der Waals surface area contributed by atoms with Crippen LogP contribution in [0.25, 0.3) is 0 Å². The fourth-order valence-electron chi connectivity index (χ4n) is 0.576. The second-order valence-electron chi connectivity index (χ2n) is 1.72. The predicted octanol–water partition coefficient (Wildman–Crippen LogP) is 0.594. The summed E-state index contributed by atoms with van der Waals surface area (Å²) < 4.78 is 0. The van der Waals surface area contributed by atoms with Crippen LogP contribution in [0.1, 0.15) is 5.69 Å². The summed E-state index contributed by atoms with van der Waals surface area (Å²) in [5, 5.41) is 10.2. The summed E-state index contributed by atoms with van der Waals surface area (Å²) in [5.74, 6) is 0. The van der Waals surface area contributed by atoms with E-state index in [-0.39, 0.29) is 6.61 Å². The van der Waals surface area contributed by atoms with Crippen molar-refractivity contribution in [2.45, 2.75) is 6.61 Å². The monoisotopic (exact) mass is 123 g/mol. The van der Waals surface area contributed by atoms with E-state index in [4.69, 9.17) is 5.73 Å². The third kappa shape index (κ3) is 1.40. The largest absolute Gasteiger partial charge is 0.399 e. The van der Waals surface area contributed by atoms with Gasteiger partial charge < -0.3 is 5.73 Å². The maximum absolute atomic E-state index is 10.2. The number of nitrogens with two attached hydrogens (primary N) is 1. The Balaban J connectivity index is 2.94. The maximum Gasteiger partial charge on any atom is 0.124 e. The molecule has 0 saturated heterocycles. The number of rotatable bonds is 1. The molecule has 0 aliphatic rings. The smallest absolute Gasteiger partial charge is 0.124 e. The molecule has 0 spiro atoms. The van der Waals surface area contributed by atoms with Gasteiger partial charge in [0.15, 0.2) is 0 Å². The Hall–Kier alpha value is -1.09. The van der Waals surface area contributed by atoms with Crippen molar-refractivity contribution in [3.05, 3.63) is 24.0 Å². The second-order valence-corrected chi connectivity index (χ2v) is 1.72. The fraction of sp³-hybridized carbons (Fsp3) is 0.167. The van der Waals surface area contributed by atoms with E-state index in [0.29, 0.717) is 11.4 Å². The normalized spacial score (nSPS) is 9.44. The Morgan fingerprint density at radius 3 is 2.89 bits per heavy atom. The van der Waals surface area contributed by atoms with Crippen LogP contribution >= 0.6 is 0 Å². The maximum atomic E-state index is 10.2. The quantitative estimate of drug-likeness (QED) is 0.594. The molecule has 2 N–H and O–H groups in total. The molecule has 1 heterocycles. The SMILES string of the molecule is Nc1ccnc(C[O])c1. The zero-order valence-electron chi connectivity index (χ0n) is 4.87. The Bertz CT molecular complexity index is 200. The molecule has 1 radical (unpaired) electrons. The predicted molar refractivity (Wildman–Crippen MR) is 33.0 cm³/mol. The molecule has 0 aliphatic heterocycles. The molecule has 0 bridgehead atoms. The van der Waals surface area contributed by atoms with Gasteiger partial charge >= 0.3 is 0 Å². The summed E-state index contributed by atoms with van der Waals surface area (Å²) in [6, 6.07) is 3.23. The van der Waals surface area contributed by atoms with Crippen LogP contribution < -0.4 is 5.73 Å². The zero-order chi connectivity index (χ0) is 6.69. The van der Waals surface area contributed by atoms with Gasteiger partial charge in [0.1, 0.15) is 6.61 Å². The lowest BCUT2D eigenvalue weighted by Gasteiger charge is -1.92. The van der Waals surface area contributed by atoms with Crippen LogP contribution in [-0.2, 0) is 11.7 Å². The number of hydrogen-bond acceptors (Lipinski definition) is 2. The van der Waals surface area contributed by atoms with E-state index >= 15 is 0 Å². The Labute approximate surface area is 53.2 Å². The Morgan fingerprint density at radius 1 is 1.67 bits per heavy atom. The van der Waals surface area contributed by atoms with Crippen LogP contribution in [0, 0.1) is 0 Å². The van der Waals surface area contributed by atoms with Crippen molar-refractivity contribution in [1.29, 1.82) is 0 Å². The molecule has 0 amide bonds. The van der Waals surface area contributed by atoms with Crippen molar-refractivity contribution in [2.24, 2.45) is 0 Å². The molecule has 9 heavy (non-hydrogen) atoms. The van der Waals surface area contributed by atoms with E-state index < -0.39 is 0 Å². The highest BCUT2D eigenvalue weighted by Crippen LogP contribution is 2.01. The van der Waals surface area contributed by atoms with Crippen LogP contribution in [0.15, 0.2) is 18.3 Å². The van der Waals surface area contributed by atoms with E-state index in [1.165, 1.54) is 6.20 Å². The van der Waals surface area contributed by atoms with Crippen molar-refractivity contribution in [3.8, 4) is 0 Å². The van der Waals surface area contributed by atoms with Gasteiger partial charge in [0.2, 0.25) is 0 Å². The molecule has 0 atom stereocenters. The summed E-state index contributed by atoms with van der Waals surface area (Å²) in [5.41, 5.74) is 6.44. The minimum atomic E-state index is -0.301. The second kappa shape index (κ2) is 2.46. The fourth-order valence-corrected chi connectivity index (χ4v) is 0.576. The van der Waals surface area contributed by atoms with Crippen LogP contribution in [0.4, 0.5) is 5.69 Å². The van der Waals surface area contributed by atoms with Gasteiger partial charge in [0, 0.05) is 11.9 Å². The Morgan fingerprint density at radius 2 is 2.44 bits per heavy atom. The lowest BCUT2D eigenvalue weighted by Crippen LogP contribution is -1.90. The van der Waals surface area contributed by atoms with Crippen molar-refractivity contribution in [2.75, 3.05) is 5.73 Å². The molecule has 1 aromatic rings.